The van der Waals surface area contributed by atoms with Crippen molar-refractivity contribution in [3.8, 4) is 0 Å². The number of nitrogens with one attached hydrogen (secondary N) is 1. The van der Waals surface area contributed by atoms with E-state index in [-0.39, 0.29) is 57.7 Å². The third kappa shape index (κ3) is 5.91. The number of Topliss-reactive ketones (excluding diaryl/α,β-unsaturated/α-hetero) is 1. The number of unbranched alkanes of at least 4 members (excludes halogenated alkanes) is 7. The van der Waals surface area contributed by atoms with Gasteiger partial charge >= 0.3 is 5.97 Å². The van der Waals surface area contributed by atoms with Gasteiger partial charge in [-0.25, -0.2) is 0 Å². The Bertz CT molecular complexity index is 1130. The van der Waals surface area contributed by atoms with E-state index in [4.69, 9.17) is 5.11 Å². The lowest BCUT2D eigenvalue weighted by atomic mass is 9.32. The maximum atomic E-state index is 14.2. The fourth-order valence-electron chi connectivity index (χ4n) is 13.3. The molecule has 6 heteroatoms. The minimum Gasteiger partial charge on any atom is -0.481 e. The molecule has 0 spiro atoms. The Hall–Kier alpha value is -1.43. The van der Waals surface area contributed by atoms with Crippen LogP contribution in [0.2, 0.25) is 0 Å². The molecule has 0 aromatic heterocycles. The summed E-state index contributed by atoms with van der Waals surface area (Å²) in [5.74, 6) is 1.53. The van der Waals surface area contributed by atoms with Crippen molar-refractivity contribution in [3.63, 3.8) is 0 Å². The van der Waals surface area contributed by atoms with Crippen LogP contribution in [0.25, 0.3) is 0 Å². The predicted molar refractivity (Wildman–Crippen MR) is 183 cm³/mol. The molecule has 5 rings (SSSR count). The minimum absolute atomic E-state index is 0.00158. The van der Waals surface area contributed by atoms with Crippen molar-refractivity contribution in [2.75, 3.05) is 6.54 Å². The van der Waals surface area contributed by atoms with Crippen LogP contribution in [0, 0.1) is 56.7 Å². The molecule has 0 bridgehead atoms. The van der Waals surface area contributed by atoms with Gasteiger partial charge < -0.3 is 15.5 Å². The summed E-state index contributed by atoms with van der Waals surface area (Å²) in [6, 6.07) is 0. The Kier molecular flexibility index (Phi) is 10.5. The third-order valence-corrected chi connectivity index (χ3v) is 16.0. The molecule has 5 saturated carbocycles. The number of carbonyl (C=O) groups is 3. The lowest BCUT2D eigenvalue weighted by Crippen LogP contribution is -2.67. The van der Waals surface area contributed by atoms with Crippen LogP contribution < -0.4 is 5.32 Å². The summed E-state index contributed by atoms with van der Waals surface area (Å²) in [5, 5.41) is 23.2. The fourth-order valence-corrected chi connectivity index (χ4v) is 13.3. The molecule has 3 N–H and O–H groups in total. The van der Waals surface area contributed by atoms with Crippen LogP contribution in [-0.4, -0.2) is 40.5 Å². The second-order valence-corrected chi connectivity index (χ2v) is 18.2. The van der Waals surface area contributed by atoms with E-state index in [0.717, 1.165) is 96.4 Å². The molecule has 1 unspecified atom stereocenters. The van der Waals surface area contributed by atoms with Gasteiger partial charge in [-0.15, -0.1) is 0 Å². The number of aliphatic hydroxyl groups is 1. The maximum Gasteiger partial charge on any atom is 0.303 e. The standard InChI is InChI=1S/C40H67NO5/c1-27(42)28-18-23-40(35(46)41-26-14-12-10-8-7-9-11-13-15-33(44)45)25-24-38(5)29(34(28)40)16-17-31-37(4)21-20-32(43)36(2,3)30(37)19-22-39(31,38)6/h28-32,34,43H,7-26H2,1-6H3,(H,41,46)(H,44,45)/t28-,29+,30-,31?,32-,34+,37-,38+,39+,40-/m0/s1. The van der Waals surface area contributed by atoms with Gasteiger partial charge in [-0.05, 0) is 129 Å². The Morgan fingerprint density at radius 3 is 2.00 bits per heavy atom. The van der Waals surface area contributed by atoms with Gasteiger partial charge in [0.15, 0.2) is 0 Å². The summed E-state index contributed by atoms with van der Waals surface area (Å²) >= 11 is 0. The highest BCUT2D eigenvalue weighted by Crippen LogP contribution is 2.77. The highest BCUT2D eigenvalue weighted by Gasteiger charge is 2.72. The summed E-state index contributed by atoms with van der Waals surface area (Å²) in [6.45, 7) is 14.9. The van der Waals surface area contributed by atoms with E-state index in [1.165, 1.54) is 25.7 Å². The van der Waals surface area contributed by atoms with Gasteiger partial charge in [-0.2, -0.15) is 0 Å². The zero-order valence-electron chi connectivity index (χ0n) is 30.2. The van der Waals surface area contributed by atoms with Crippen molar-refractivity contribution >= 4 is 17.7 Å². The number of carboxylic acid groups (broad SMARTS) is 1. The summed E-state index contributed by atoms with van der Waals surface area (Å²) in [6.07, 6.45) is 18.9. The number of hydrogen-bond donors (Lipinski definition) is 3. The largest absolute Gasteiger partial charge is 0.481 e. The summed E-state index contributed by atoms with van der Waals surface area (Å²) in [5.41, 5.74) is 0.0658. The van der Waals surface area contributed by atoms with Gasteiger partial charge in [0.1, 0.15) is 5.78 Å². The number of aliphatic carboxylic acids is 1. The van der Waals surface area contributed by atoms with Crippen LogP contribution in [0.5, 0.6) is 0 Å². The van der Waals surface area contributed by atoms with E-state index in [9.17, 15) is 19.5 Å². The SMILES string of the molecule is CC(=O)[C@@H]1CC[C@]2(C(=O)NCCCCCCCCCCC(=O)O)CC[C@]3(C)[C@H](CCC4[C@@]5(C)CC[C@H](O)C(C)(C)[C@@H]5CC[C@]43C)[C@@H]12. The molecule has 0 aromatic carbocycles. The van der Waals surface area contributed by atoms with Crippen molar-refractivity contribution < 1.29 is 24.6 Å². The summed E-state index contributed by atoms with van der Waals surface area (Å²) in [7, 11) is 0. The van der Waals surface area contributed by atoms with E-state index in [1.54, 1.807) is 6.92 Å². The van der Waals surface area contributed by atoms with Crippen LogP contribution in [-0.2, 0) is 14.4 Å². The van der Waals surface area contributed by atoms with Crippen molar-refractivity contribution in [3.05, 3.63) is 0 Å². The summed E-state index contributed by atoms with van der Waals surface area (Å²) < 4.78 is 0. The molecule has 46 heavy (non-hydrogen) atoms. The molecule has 0 radical (unpaired) electrons. The first-order valence-corrected chi connectivity index (χ1v) is 19.3. The average Bonchev–Trinajstić information content (AvgIpc) is 3.39. The smallest absolute Gasteiger partial charge is 0.303 e. The second kappa shape index (κ2) is 13.5. The normalized spacial score (nSPS) is 42.7. The van der Waals surface area contributed by atoms with Crippen LogP contribution in [0.4, 0.5) is 0 Å². The van der Waals surface area contributed by atoms with E-state index in [0.29, 0.717) is 17.8 Å². The summed E-state index contributed by atoms with van der Waals surface area (Å²) in [4.78, 5) is 38.1. The van der Waals surface area contributed by atoms with Crippen LogP contribution in [0.3, 0.4) is 0 Å². The molecule has 0 heterocycles. The fraction of sp³-hybridized carbons (Fsp3) is 0.925. The number of amides is 1. The number of carboxylic acids is 1. The monoisotopic (exact) mass is 642 g/mol. The van der Waals surface area contributed by atoms with Crippen molar-refractivity contribution in [2.24, 2.45) is 56.7 Å². The lowest BCUT2D eigenvalue weighted by molar-refractivity contribution is -0.246. The molecule has 6 nitrogen and oxygen atoms in total. The Labute approximate surface area is 280 Å². The highest BCUT2D eigenvalue weighted by atomic mass is 16.4. The van der Waals surface area contributed by atoms with Gasteiger partial charge in [0.05, 0.1) is 11.5 Å². The molecule has 262 valence electrons. The molecule has 0 aliphatic heterocycles. The molecule has 10 atom stereocenters. The number of rotatable bonds is 13. The van der Waals surface area contributed by atoms with Crippen molar-refractivity contribution in [2.45, 2.75) is 170 Å². The molecule has 5 fully saturated rings. The minimum atomic E-state index is -0.700. The zero-order chi connectivity index (χ0) is 33.5. The first-order valence-electron chi connectivity index (χ1n) is 19.3. The second-order valence-electron chi connectivity index (χ2n) is 18.2. The van der Waals surface area contributed by atoms with Gasteiger partial charge in [-0.3, -0.25) is 14.4 Å². The van der Waals surface area contributed by atoms with Crippen LogP contribution in [0.1, 0.15) is 164 Å². The number of fused-ring (bicyclic) bond motifs is 7. The topological polar surface area (TPSA) is 104 Å². The molecular formula is C40H67NO5. The number of ketones is 1. The first-order chi connectivity index (χ1) is 21.6. The molecular weight excluding hydrogens is 574 g/mol. The lowest BCUT2D eigenvalue weighted by Gasteiger charge is -2.72. The van der Waals surface area contributed by atoms with Crippen LogP contribution >= 0.6 is 0 Å². The Morgan fingerprint density at radius 1 is 0.696 bits per heavy atom. The van der Waals surface area contributed by atoms with Crippen LogP contribution in [0.15, 0.2) is 0 Å². The molecule has 5 aliphatic carbocycles. The van der Waals surface area contributed by atoms with E-state index < -0.39 is 11.4 Å². The molecule has 0 aromatic rings. The van der Waals surface area contributed by atoms with Crippen molar-refractivity contribution in [1.82, 2.24) is 5.32 Å². The number of hydrogen-bond acceptors (Lipinski definition) is 4. The van der Waals surface area contributed by atoms with Gasteiger partial charge in [0, 0.05) is 18.9 Å². The van der Waals surface area contributed by atoms with Crippen molar-refractivity contribution in [1.29, 1.82) is 0 Å². The Morgan fingerprint density at radius 2 is 1.35 bits per heavy atom. The molecule has 0 saturated heterocycles. The molecule has 5 aliphatic rings. The number of aliphatic hydroxyl groups excluding tert-OH is 1. The number of carbonyl (C=O) groups excluding carboxylic acids is 2. The van der Waals surface area contributed by atoms with Gasteiger partial charge in [0.2, 0.25) is 5.91 Å². The average molecular weight is 642 g/mol. The van der Waals surface area contributed by atoms with E-state index in [1.807, 2.05) is 0 Å². The third-order valence-electron chi connectivity index (χ3n) is 16.0. The highest BCUT2D eigenvalue weighted by molar-refractivity contribution is 5.87. The van der Waals surface area contributed by atoms with Gasteiger partial charge in [0.25, 0.3) is 0 Å². The zero-order valence-corrected chi connectivity index (χ0v) is 30.2. The first kappa shape index (κ1) is 35.9. The quantitative estimate of drug-likeness (QED) is 0.175. The molecule has 1 amide bonds. The Balaban J connectivity index is 1.24. The van der Waals surface area contributed by atoms with Gasteiger partial charge in [-0.1, -0.05) is 73.1 Å². The van der Waals surface area contributed by atoms with E-state index in [2.05, 4.69) is 39.9 Å². The predicted octanol–water partition coefficient (Wildman–Crippen LogP) is 8.73. The van der Waals surface area contributed by atoms with E-state index >= 15 is 0 Å². The maximum absolute atomic E-state index is 14.2.